The molecule has 1 N–H and O–H groups in total. The second kappa shape index (κ2) is 6.05. The molecule has 0 fully saturated rings. The predicted molar refractivity (Wildman–Crippen MR) is 68.9 cm³/mol. The first-order valence-electron chi connectivity index (χ1n) is 5.90. The number of carbonyl (C=O) groups is 1. The van der Waals surface area contributed by atoms with Gasteiger partial charge in [0.25, 0.3) is 0 Å². The van der Waals surface area contributed by atoms with E-state index in [2.05, 4.69) is 20.8 Å². The van der Waals surface area contributed by atoms with Crippen molar-refractivity contribution in [2.75, 3.05) is 11.9 Å². The second-order valence-electron chi connectivity index (χ2n) is 4.21. The number of aromatic nitrogens is 4. The molecule has 0 aliphatic carbocycles. The Kier molecular flexibility index (Phi) is 4.19. The zero-order valence-electron chi connectivity index (χ0n) is 10.8. The molecular weight excluding hydrogens is 246 g/mol. The van der Waals surface area contributed by atoms with Crippen LogP contribution in [0.5, 0.6) is 0 Å². The Labute approximate surface area is 110 Å². The van der Waals surface area contributed by atoms with Crippen molar-refractivity contribution in [1.29, 1.82) is 0 Å². The monoisotopic (exact) mass is 261 g/mol. The van der Waals surface area contributed by atoms with E-state index in [-0.39, 0.29) is 18.6 Å². The van der Waals surface area contributed by atoms with Crippen LogP contribution in [0.25, 0.3) is 5.69 Å². The summed E-state index contributed by atoms with van der Waals surface area (Å²) in [6.45, 7) is 3.81. The van der Waals surface area contributed by atoms with Gasteiger partial charge in [-0.05, 0) is 48.5 Å². The van der Waals surface area contributed by atoms with Crippen molar-refractivity contribution in [1.82, 2.24) is 20.2 Å². The highest BCUT2D eigenvalue weighted by atomic mass is 16.5. The Hall–Kier alpha value is -2.28. The third-order valence-corrected chi connectivity index (χ3v) is 2.31. The summed E-state index contributed by atoms with van der Waals surface area (Å²) in [7, 11) is 0. The Morgan fingerprint density at radius 2 is 2.11 bits per heavy atom. The minimum Gasteiger partial charge on any atom is -0.369 e. The van der Waals surface area contributed by atoms with Crippen molar-refractivity contribution in [3.63, 3.8) is 0 Å². The van der Waals surface area contributed by atoms with E-state index in [0.29, 0.717) is 5.69 Å². The number of carbonyl (C=O) groups excluding carboxylic acids is 1. The van der Waals surface area contributed by atoms with Crippen molar-refractivity contribution in [3.05, 3.63) is 30.6 Å². The Morgan fingerprint density at radius 3 is 2.68 bits per heavy atom. The molecule has 19 heavy (non-hydrogen) atoms. The van der Waals surface area contributed by atoms with Gasteiger partial charge in [0.1, 0.15) is 12.9 Å². The molecule has 1 aromatic heterocycles. The number of rotatable bonds is 5. The molecule has 0 aliphatic heterocycles. The number of benzene rings is 1. The summed E-state index contributed by atoms with van der Waals surface area (Å²) in [4.78, 5) is 11.6. The van der Waals surface area contributed by atoms with Gasteiger partial charge < -0.3 is 10.1 Å². The molecule has 7 heteroatoms. The lowest BCUT2D eigenvalue weighted by atomic mass is 10.3. The van der Waals surface area contributed by atoms with Gasteiger partial charge in [0.2, 0.25) is 5.91 Å². The van der Waals surface area contributed by atoms with Crippen LogP contribution >= 0.6 is 0 Å². The quantitative estimate of drug-likeness (QED) is 0.869. The Bertz CT molecular complexity index is 522. The van der Waals surface area contributed by atoms with Gasteiger partial charge in [-0.25, -0.2) is 4.68 Å². The summed E-state index contributed by atoms with van der Waals surface area (Å²) in [5.41, 5.74) is 1.52. The van der Waals surface area contributed by atoms with Crippen LogP contribution in [0.3, 0.4) is 0 Å². The normalized spacial score (nSPS) is 10.7. The summed E-state index contributed by atoms with van der Waals surface area (Å²) in [6.07, 6.45) is 1.54. The number of hydrogen-bond donors (Lipinski definition) is 1. The summed E-state index contributed by atoms with van der Waals surface area (Å²) in [5.74, 6) is -0.177. The number of amides is 1. The maximum absolute atomic E-state index is 11.6. The lowest BCUT2D eigenvalue weighted by molar-refractivity contribution is -0.121. The van der Waals surface area contributed by atoms with Crippen molar-refractivity contribution < 1.29 is 9.53 Å². The zero-order chi connectivity index (χ0) is 13.7. The minimum atomic E-state index is -0.177. The van der Waals surface area contributed by atoms with E-state index >= 15 is 0 Å². The Balaban J connectivity index is 1.94. The molecule has 0 aliphatic rings. The molecule has 1 aromatic carbocycles. The summed E-state index contributed by atoms with van der Waals surface area (Å²) >= 11 is 0. The lowest BCUT2D eigenvalue weighted by Crippen LogP contribution is -2.20. The summed E-state index contributed by atoms with van der Waals surface area (Å²) < 4.78 is 6.75. The summed E-state index contributed by atoms with van der Waals surface area (Å²) in [6, 6.07) is 7.19. The van der Waals surface area contributed by atoms with Gasteiger partial charge in [-0.15, -0.1) is 5.10 Å². The molecule has 1 heterocycles. The fourth-order valence-corrected chi connectivity index (χ4v) is 1.42. The average Bonchev–Trinajstić information content (AvgIpc) is 2.91. The highest BCUT2D eigenvalue weighted by Gasteiger charge is 2.04. The first kappa shape index (κ1) is 13.2. The molecule has 0 unspecified atom stereocenters. The number of nitrogens with one attached hydrogen (secondary N) is 1. The van der Waals surface area contributed by atoms with Crippen LogP contribution < -0.4 is 5.32 Å². The first-order chi connectivity index (χ1) is 9.15. The van der Waals surface area contributed by atoms with E-state index < -0.39 is 0 Å². The highest BCUT2D eigenvalue weighted by molar-refractivity contribution is 5.91. The van der Waals surface area contributed by atoms with Crippen LogP contribution in [0, 0.1) is 0 Å². The molecule has 0 saturated carbocycles. The molecule has 1 amide bonds. The number of ether oxygens (including phenoxy) is 1. The molecule has 0 radical (unpaired) electrons. The van der Waals surface area contributed by atoms with E-state index in [1.54, 1.807) is 12.1 Å². The minimum absolute atomic E-state index is 0.0351. The van der Waals surface area contributed by atoms with Crippen molar-refractivity contribution in [2.24, 2.45) is 0 Å². The molecule has 0 bridgehead atoms. The smallest absolute Gasteiger partial charge is 0.250 e. The van der Waals surface area contributed by atoms with Crippen molar-refractivity contribution >= 4 is 11.6 Å². The van der Waals surface area contributed by atoms with E-state index in [1.165, 1.54) is 11.0 Å². The largest absolute Gasteiger partial charge is 0.369 e. The van der Waals surface area contributed by atoms with Crippen LogP contribution in [0.4, 0.5) is 5.69 Å². The van der Waals surface area contributed by atoms with Crippen LogP contribution in [-0.2, 0) is 9.53 Å². The molecular formula is C12H15N5O2. The standard InChI is InChI=1S/C12H15N5O2/c1-9(2)19-7-12(18)14-10-3-5-11(6-4-10)17-8-13-15-16-17/h3-6,8-9H,7H2,1-2H3,(H,14,18). The first-order valence-corrected chi connectivity index (χ1v) is 5.90. The van der Waals surface area contributed by atoms with E-state index in [0.717, 1.165) is 5.69 Å². The van der Waals surface area contributed by atoms with Gasteiger partial charge >= 0.3 is 0 Å². The molecule has 2 aromatic rings. The van der Waals surface area contributed by atoms with Crippen molar-refractivity contribution in [3.8, 4) is 5.69 Å². The van der Waals surface area contributed by atoms with Crippen LogP contribution in [0.15, 0.2) is 30.6 Å². The van der Waals surface area contributed by atoms with Crippen LogP contribution in [0.2, 0.25) is 0 Å². The molecule has 7 nitrogen and oxygen atoms in total. The summed E-state index contributed by atoms with van der Waals surface area (Å²) in [5, 5.41) is 13.6. The SMILES string of the molecule is CC(C)OCC(=O)Nc1ccc(-n2cnnn2)cc1. The number of nitrogens with zero attached hydrogens (tertiary/aromatic N) is 4. The highest BCUT2D eigenvalue weighted by Crippen LogP contribution is 2.11. The average molecular weight is 261 g/mol. The number of anilines is 1. The topological polar surface area (TPSA) is 81.9 Å². The third kappa shape index (κ3) is 3.85. The molecule has 2 rings (SSSR count). The fourth-order valence-electron chi connectivity index (χ4n) is 1.42. The van der Waals surface area contributed by atoms with Gasteiger partial charge in [-0.3, -0.25) is 4.79 Å². The van der Waals surface area contributed by atoms with E-state index in [9.17, 15) is 4.79 Å². The maximum Gasteiger partial charge on any atom is 0.250 e. The van der Waals surface area contributed by atoms with Gasteiger partial charge in [0.15, 0.2) is 0 Å². The van der Waals surface area contributed by atoms with E-state index in [1.807, 2.05) is 26.0 Å². The van der Waals surface area contributed by atoms with E-state index in [4.69, 9.17) is 4.74 Å². The molecule has 100 valence electrons. The molecule has 0 atom stereocenters. The van der Waals surface area contributed by atoms with Crippen LogP contribution in [0.1, 0.15) is 13.8 Å². The van der Waals surface area contributed by atoms with Crippen molar-refractivity contribution in [2.45, 2.75) is 20.0 Å². The maximum atomic E-state index is 11.6. The molecule has 0 spiro atoms. The van der Waals surface area contributed by atoms with Gasteiger partial charge in [-0.2, -0.15) is 0 Å². The zero-order valence-corrected chi connectivity index (χ0v) is 10.8. The van der Waals surface area contributed by atoms with Crippen LogP contribution in [-0.4, -0.2) is 38.8 Å². The Morgan fingerprint density at radius 1 is 1.37 bits per heavy atom. The fraction of sp³-hybridized carbons (Fsp3) is 0.333. The van der Waals surface area contributed by atoms with Gasteiger partial charge in [0.05, 0.1) is 11.8 Å². The second-order valence-corrected chi connectivity index (χ2v) is 4.21. The predicted octanol–water partition coefficient (Wildman–Crippen LogP) is 1.03. The molecule has 0 saturated heterocycles. The third-order valence-electron chi connectivity index (χ3n) is 2.31. The lowest BCUT2D eigenvalue weighted by Gasteiger charge is -2.08. The number of hydrogen-bond acceptors (Lipinski definition) is 5. The van der Waals surface area contributed by atoms with Gasteiger partial charge in [0, 0.05) is 5.69 Å². The van der Waals surface area contributed by atoms with Gasteiger partial charge in [-0.1, -0.05) is 0 Å². The number of tetrazole rings is 1.